The minimum atomic E-state index is -0.793. The molecule has 1 aliphatic rings. The maximum Gasteiger partial charge on any atom is 0.315 e. The van der Waals surface area contributed by atoms with Crippen LogP contribution in [0.25, 0.3) is 0 Å². The summed E-state index contributed by atoms with van der Waals surface area (Å²) in [5.74, 6) is 0.147. The molecule has 0 radical (unpaired) electrons. The first-order valence-electron chi connectivity index (χ1n) is 8.05. The van der Waals surface area contributed by atoms with E-state index in [2.05, 4.69) is 13.8 Å². The van der Waals surface area contributed by atoms with E-state index in [0.717, 1.165) is 25.7 Å². The van der Waals surface area contributed by atoms with E-state index in [0.29, 0.717) is 12.3 Å². The van der Waals surface area contributed by atoms with Gasteiger partial charge >= 0.3 is 5.97 Å². The largest absolute Gasteiger partial charge is 0.462 e. The number of hydrogen-bond donors (Lipinski definition) is 1. The Morgan fingerprint density at radius 2 is 1.75 bits per heavy atom. The van der Waals surface area contributed by atoms with Gasteiger partial charge in [-0.2, -0.15) is 0 Å². The van der Waals surface area contributed by atoms with Crippen molar-refractivity contribution < 1.29 is 14.6 Å². The maximum atomic E-state index is 12.8. The summed E-state index contributed by atoms with van der Waals surface area (Å²) in [4.78, 5) is 12.8. The van der Waals surface area contributed by atoms with Gasteiger partial charge in [-0.05, 0) is 43.4 Å². The Bertz CT molecular complexity index is 311. The zero-order valence-electron chi connectivity index (χ0n) is 13.9. The van der Waals surface area contributed by atoms with Gasteiger partial charge in [-0.3, -0.25) is 4.79 Å². The summed E-state index contributed by atoms with van der Waals surface area (Å²) in [7, 11) is 0. The van der Waals surface area contributed by atoms with Crippen molar-refractivity contribution in [2.75, 3.05) is 6.61 Å². The molecule has 118 valence electrons. The molecule has 0 spiro atoms. The van der Waals surface area contributed by atoms with Gasteiger partial charge in [0.15, 0.2) is 0 Å². The molecule has 0 aromatic rings. The van der Waals surface area contributed by atoms with Crippen LogP contribution in [0.5, 0.6) is 0 Å². The van der Waals surface area contributed by atoms with Gasteiger partial charge in [0.25, 0.3) is 0 Å². The van der Waals surface area contributed by atoms with E-state index < -0.39 is 5.41 Å². The zero-order valence-corrected chi connectivity index (χ0v) is 13.9. The standard InChI is InChI=1S/C17H32O3/c1-13(2)11-17(12-18,16(3,4)5)15(19)20-14-9-7-6-8-10-14/h13-14,18H,6-12H2,1-5H3. The molecule has 0 heterocycles. The highest BCUT2D eigenvalue weighted by atomic mass is 16.5. The van der Waals surface area contributed by atoms with Crippen LogP contribution >= 0.6 is 0 Å². The number of aliphatic hydroxyl groups excluding tert-OH is 1. The molecule has 20 heavy (non-hydrogen) atoms. The molecular formula is C17H32O3. The lowest BCUT2D eigenvalue weighted by atomic mass is 9.63. The molecule has 0 aliphatic heterocycles. The summed E-state index contributed by atoms with van der Waals surface area (Å²) in [6.07, 6.45) is 6.19. The van der Waals surface area contributed by atoms with Gasteiger partial charge in [0.2, 0.25) is 0 Å². The molecule has 1 aliphatic carbocycles. The van der Waals surface area contributed by atoms with Crippen molar-refractivity contribution >= 4 is 5.97 Å². The van der Waals surface area contributed by atoms with Crippen molar-refractivity contribution in [3.05, 3.63) is 0 Å². The van der Waals surface area contributed by atoms with Gasteiger partial charge < -0.3 is 9.84 Å². The average Bonchev–Trinajstić information content (AvgIpc) is 2.35. The van der Waals surface area contributed by atoms with E-state index in [1.165, 1.54) is 6.42 Å². The van der Waals surface area contributed by atoms with Crippen LogP contribution in [0.15, 0.2) is 0 Å². The monoisotopic (exact) mass is 284 g/mol. The normalized spacial score (nSPS) is 20.8. The molecule has 1 rings (SSSR count). The average molecular weight is 284 g/mol. The molecule has 1 N–H and O–H groups in total. The Kier molecular flexibility index (Phi) is 6.06. The minimum Gasteiger partial charge on any atom is -0.462 e. The molecule has 3 heteroatoms. The number of aliphatic hydroxyl groups is 1. The third-order valence-electron chi connectivity index (χ3n) is 4.68. The van der Waals surface area contributed by atoms with Gasteiger partial charge in [0.1, 0.15) is 6.10 Å². The third kappa shape index (κ3) is 3.97. The van der Waals surface area contributed by atoms with Crippen LogP contribution in [0.4, 0.5) is 0 Å². The fourth-order valence-corrected chi connectivity index (χ4v) is 3.21. The second-order valence-electron chi connectivity index (χ2n) is 7.75. The van der Waals surface area contributed by atoms with Crippen molar-refractivity contribution in [2.45, 2.75) is 79.2 Å². The molecule has 0 aromatic carbocycles. The van der Waals surface area contributed by atoms with Crippen molar-refractivity contribution in [3.63, 3.8) is 0 Å². The Morgan fingerprint density at radius 1 is 1.20 bits per heavy atom. The number of esters is 1. The molecule has 1 saturated carbocycles. The Hall–Kier alpha value is -0.570. The lowest BCUT2D eigenvalue weighted by Gasteiger charge is -2.43. The first-order chi connectivity index (χ1) is 9.23. The number of hydrogen-bond acceptors (Lipinski definition) is 3. The maximum absolute atomic E-state index is 12.8. The first kappa shape index (κ1) is 17.5. The molecule has 0 amide bonds. The van der Waals surface area contributed by atoms with Crippen LogP contribution in [-0.4, -0.2) is 23.8 Å². The molecule has 0 saturated heterocycles. The number of rotatable bonds is 5. The molecule has 1 unspecified atom stereocenters. The fraction of sp³-hybridized carbons (Fsp3) is 0.941. The summed E-state index contributed by atoms with van der Waals surface area (Å²) in [6.45, 7) is 10.1. The van der Waals surface area contributed by atoms with Crippen LogP contribution in [0.3, 0.4) is 0 Å². The van der Waals surface area contributed by atoms with Crippen LogP contribution in [0, 0.1) is 16.7 Å². The molecule has 0 bridgehead atoms. The van der Waals surface area contributed by atoms with Crippen molar-refractivity contribution in [2.24, 2.45) is 16.7 Å². The highest BCUT2D eigenvalue weighted by Crippen LogP contribution is 2.45. The van der Waals surface area contributed by atoms with Crippen LogP contribution in [0.2, 0.25) is 0 Å². The topological polar surface area (TPSA) is 46.5 Å². The lowest BCUT2D eigenvalue weighted by molar-refractivity contribution is -0.176. The second kappa shape index (κ2) is 6.93. The van der Waals surface area contributed by atoms with Crippen LogP contribution < -0.4 is 0 Å². The van der Waals surface area contributed by atoms with Crippen molar-refractivity contribution in [1.82, 2.24) is 0 Å². The van der Waals surface area contributed by atoms with Crippen LogP contribution in [-0.2, 0) is 9.53 Å². The molecule has 1 atom stereocenters. The second-order valence-corrected chi connectivity index (χ2v) is 7.75. The first-order valence-corrected chi connectivity index (χ1v) is 8.05. The number of carbonyl (C=O) groups excluding carboxylic acids is 1. The number of carbonyl (C=O) groups is 1. The minimum absolute atomic E-state index is 0.0525. The Labute approximate surface area is 124 Å². The van der Waals surface area contributed by atoms with Gasteiger partial charge in [-0.15, -0.1) is 0 Å². The van der Waals surface area contributed by atoms with E-state index in [4.69, 9.17) is 4.74 Å². The van der Waals surface area contributed by atoms with Gasteiger partial charge in [0.05, 0.1) is 12.0 Å². The third-order valence-corrected chi connectivity index (χ3v) is 4.68. The molecular weight excluding hydrogens is 252 g/mol. The molecule has 0 aromatic heterocycles. The summed E-state index contributed by atoms with van der Waals surface area (Å²) >= 11 is 0. The summed E-state index contributed by atoms with van der Waals surface area (Å²) in [5.41, 5.74) is -1.10. The van der Waals surface area contributed by atoms with E-state index in [9.17, 15) is 9.90 Å². The van der Waals surface area contributed by atoms with Crippen molar-refractivity contribution in [1.29, 1.82) is 0 Å². The van der Waals surface area contributed by atoms with Crippen LogP contribution in [0.1, 0.15) is 73.1 Å². The smallest absolute Gasteiger partial charge is 0.315 e. The number of ether oxygens (including phenoxy) is 1. The fourth-order valence-electron chi connectivity index (χ4n) is 3.21. The van der Waals surface area contributed by atoms with Gasteiger partial charge in [-0.25, -0.2) is 0 Å². The predicted molar refractivity (Wildman–Crippen MR) is 81.4 cm³/mol. The molecule has 1 fully saturated rings. The van der Waals surface area contributed by atoms with E-state index in [-0.39, 0.29) is 24.1 Å². The Balaban J connectivity index is 2.88. The van der Waals surface area contributed by atoms with Gasteiger partial charge in [0, 0.05) is 0 Å². The lowest BCUT2D eigenvalue weighted by Crippen LogP contribution is -2.49. The highest BCUT2D eigenvalue weighted by Gasteiger charge is 2.50. The van der Waals surface area contributed by atoms with E-state index in [1.54, 1.807) is 0 Å². The highest BCUT2D eigenvalue weighted by molar-refractivity contribution is 5.78. The van der Waals surface area contributed by atoms with E-state index in [1.807, 2.05) is 20.8 Å². The van der Waals surface area contributed by atoms with E-state index >= 15 is 0 Å². The summed E-state index contributed by atoms with van der Waals surface area (Å²) < 4.78 is 5.78. The zero-order chi connectivity index (χ0) is 15.4. The molecule has 3 nitrogen and oxygen atoms in total. The predicted octanol–water partition coefficient (Wildman–Crippen LogP) is 3.93. The van der Waals surface area contributed by atoms with Gasteiger partial charge in [-0.1, -0.05) is 41.0 Å². The Morgan fingerprint density at radius 3 is 2.15 bits per heavy atom. The van der Waals surface area contributed by atoms with Crippen molar-refractivity contribution in [3.8, 4) is 0 Å². The SMILES string of the molecule is CC(C)CC(CO)(C(=O)OC1CCCCC1)C(C)(C)C. The quantitative estimate of drug-likeness (QED) is 0.778. The summed E-state index contributed by atoms with van der Waals surface area (Å²) in [5, 5.41) is 9.96. The summed E-state index contributed by atoms with van der Waals surface area (Å²) in [6, 6.07) is 0.